The Bertz CT molecular complexity index is 1140. The number of aromatic nitrogens is 3. The Balaban J connectivity index is 1.52. The molecule has 4 rings (SSSR count). The summed E-state index contributed by atoms with van der Waals surface area (Å²) in [6, 6.07) is 10.3. The van der Waals surface area contributed by atoms with E-state index in [4.69, 9.17) is 4.74 Å². The van der Waals surface area contributed by atoms with Gasteiger partial charge in [0.1, 0.15) is 5.82 Å². The van der Waals surface area contributed by atoms with Gasteiger partial charge in [-0.1, -0.05) is 11.3 Å². The first-order valence-corrected chi connectivity index (χ1v) is 9.55. The molecular formula is C20H19FN6O4. The molecule has 10 nitrogen and oxygen atoms in total. The third-order valence-electron chi connectivity index (χ3n) is 4.95. The smallest absolute Gasteiger partial charge is 0.278 e. The number of morpholine rings is 1. The van der Waals surface area contributed by atoms with Crippen molar-refractivity contribution in [2.24, 2.45) is 0 Å². The van der Waals surface area contributed by atoms with E-state index >= 15 is 0 Å². The van der Waals surface area contributed by atoms with Gasteiger partial charge >= 0.3 is 0 Å². The average molecular weight is 426 g/mol. The monoisotopic (exact) mass is 426 g/mol. The van der Waals surface area contributed by atoms with Crippen molar-refractivity contribution >= 4 is 23.0 Å². The molecule has 0 unspecified atom stereocenters. The molecule has 1 saturated heterocycles. The van der Waals surface area contributed by atoms with Crippen molar-refractivity contribution in [3.8, 4) is 5.69 Å². The Kier molecular flexibility index (Phi) is 5.58. The summed E-state index contributed by atoms with van der Waals surface area (Å²) in [7, 11) is 0. The molecule has 0 atom stereocenters. The summed E-state index contributed by atoms with van der Waals surface area (Å²) < 4.78 is 21.2. The maximum atomic E-state index is 14.6. The van der Waals surface area contributed by atoms with E-state index in [9.17, 15) is 19.3 Å². The summed E-state index contributed by atoms with van der Waals surface area (Å²) in [6.07, 6.45) is 0. The fraction of sp³-hybridized carbons (Fsp3) is 0.250. The van der Waals surface area contributed by atoms with Gasteiger partial charge in [0.05, 0.1) is 35.2 Å². The molecule has 0 radical (unpaired) electrons. The topological polar surface area (TPSA) is 115 Å². The van der Waals surface area contributed by atoms with Crippen LogP contribution in [-0.2, 0) is 4.74 Å². The van der Waals surface area contributed by atoms with Crippen LogP contribution in [0.3, 0.4) is 0 Å². The minimum Gasteiger partial charge on any atom is -0.378 e. The maximum absolute atomic E-state index is 14.6. The fourth-order valence-electron chi connectivity index (χ4n) is 3.36. The zero-order valence-corrected chi connectivity index (χ0v) is 16.6. The van der Waals surface area contributed by atoms with Crippen LogP contribution in [-0.4, -0.2) is 52.1 Å². The minimum atomic E-state index is -0.562. The Hall–Kier alpha value is -3.86. The normalized spacial score (nSPS) is 13.8. The molecule has 160 valence electrons. The Morgan fingerprint density at radius 2 is 2.00 bits per heavy atom. The van der Waals surface area contributed by atoms with Crippen molar-refractivity contribution in [3.05, 3.63) is 69.8 Å². The molecule has 1 aliphatic rings. The van der Waals surface area contributed by atoms with E-state index in [1.54, 1.807) is 25.1 Å². The molecule has 1 amide bonds. The number of nitro groups is 1. The first-order valence-electron chi connectivity index (χ1n) is 9.55. The lowest BCUT2D eigenvalue weighted by Gasteiger charge is -2.29. The van der Waals surface area contributed by atoms with Crippen LogP contribution in [0.1, 0.15) is 16.2 Å². The fourth-order valence-corrected chi connectivity index (χ4v) is 3.36. The van der Waals surface area contributed by atoms with E-state index in [0.717, 1.165) is 0 Å². The molecule has 1 fully saturated rings. The molecule has 2 heterocycles. The van der Waals surface area contributed by atoms with Crippen LogP contribution in [0.4, 0.5) is 21.5 Å². The second-order valence-corrected chi connectivity index (χ2v) is 6.93. The molecule has 0 saturated carbocycles. The predicted octanol–water partition coefficient (Wildman–Crippen LogP) is 2.71. The summed E-state index contributed by atoms with van der Waals surface area (Å²) in [5.41, 5.74) is 1.46. The summed E-state index contributed by atoms with van der Waals surface area (Å²) >= 11 is 0. The Morgan fingerprint density at radius 1 is 1.23 bits per heavy atom. The highest BCUT2D eigenvalue weighted by Crippen LogP contribution is 2.24. The van der Waals surface area contributed by atoms with Crippen molar-refractivity contribution in [1.29, 1.82) is 0 Å². The molecule has 1 aromatic heterocycles. The maximum Gasteiger partial charge on any atom is 0.278 e. The number of nitrogens with zero attached hydrogens (tertiary/aromatic N) is 5. The van der Waals surface area contributed by atoms with Crippen LogP contribution in [0.5, 0.6) is 0 Å². The van der Waals surface area contributed by atoms with Gasteiger partial charge in [-0.3, -0.25) is 14.9 Å². The number of carbonyl (C=O) groups is 1. The lowest BCUT2D eigenvalue weighted by molar-refractivity contribution is -0.384. The van der Waals surface area contributed by atoms with Gasteiger partial charge in [-0.2, -0.15) is 0 Å². The molecule has 0 bridgehead atoms. The number of non-ortho nitro benzene ring substituents is 1. The van der Waals surface area contributed by atoms with Gasteiger partial charge in [0.25, 0.3) is 11.6 Å². The van der Waals surface area contributed by atoms with Crippen LogP contribution < -0.4 is 10.2 Å². The number of hydrogen-bond donors (Lipinski definition) is 1. The van der Waals surface area contributed by atoms with Crippen molar-refractivity contribution in [1.82, 2.24) is 15.0 Å². The number of ether oxygens (including phenoxy) is 1. The number of nitrogens with one attached hydrogen (secondary N) is 1. The zero-order valence-electron chi connectivity index (χ0n) is 16.6. The van der Waals surface area contributed by atoms with E-state index in [0.29, 0.717) is 43.4 Å². The molecule has 2 aromatic carbocycles. The van der Waals surface area contributed by atoms with E-state index in [-0.39, 0.29) is 17.1 Å². The first-order chi connectivity index (χ1) is 14.9. The number of anilines is 2. The second kappa shape index (κ2) is 8.48. The second-order valence-electron chi connectivity index (χ2n) is 6.93. The van der Waals surface area contributed by atoms with Gasteiger partial charge in [-0.15, -0.1) is 5.10 Å². The van der Waals surface area contributed by atoms with Gasteiger partial charge in [0.2, 0.25) is 0 Å². The van der Waals surface area contributed by atoms with E-state index in [2.05, 4.69) is 15.6 Å². The highest BCUT2D eigenvalue weighted by Gasteiger charge is 2.20. The summed E-state index contributed by atoms with van der Waals surface area (Å²) in [5.74, 6) is -1.01. The quantitative estimate of drug-likeness (QED) is 0.493. The molecule has 31 heavy (non-hydrogen) atoms. The summed E-state index contributed by atoms with van der Waals surface area (Å²) in [6.45, 7) is 3.90. The molecule has 1 N–H and O–H groups in total. The van der Waals surface area contributed by atoms with Crippen LogP contribution in [0.15, 0.2) is 42.5 Å². The molecule has 1 aliphatic heterocycles. The SMILES string of the molecule is Cc1c(C(=O)Nc2ccc(N3CCOCC3)c(F)c2)nnn1-c1cccc([N+](=O)[O-])c1. The number of halogens is 1. The summed E-state index contributed by atoms with van der Waals surface area (Å²) in [4.78, 5) is 25.0. The largest absolute Gasteiger partial charge is 0.378 e. The van der Waals surface area contributed by atoms with E-state index in [1.165, 1.54) is 28.9 Å². The molecule has 0 aliphatic carbocycles. The lowest BCUT2D eigenvalue weighted by Crippen LogP contribution is -2.36. The van der Waals surface area contributed by atoms with Crippen LogP contribution >= 0.6 is 0 Å². The first kappa shape index (κ1) is 20.4. The van der Waals surface area contributed by atoms with Crippen molar-refractivity contribution in [3.63, 3.8) is 0 Å². The molecule has 11 heteroatoms. The number of carbonyl (C=O) groups excluding carboxylic acids is 1. The number of rotatable bonds is 5. The predicted molar refractivity (Wildman–Crippen MR) is 110 cm³/mol. The Morgan fingerprint density at radius 3 is 2.71 bits per heavy atom. The van der Waals surface area contributed by atoms with Gasteiger partial charge in [-0.25, -0.2) is 9.07 Å². The Labute approximate surface area is 176 Å². The lowest BCUT2D eigenvalue weighted by atomic mass is 10.2. The minimum absolute atomic E-state index is 0.0316. The van der Waals surface area contributed by atoms with Gasteiger partial charge in [-0.05, 0) is 31.2 Å². The standard InChI is InChI=1S/C20H19FN6O4/c1-13-19(23-24-26(13)15-3-2-4-16(12-15)27(29)30)20(28)22-14-5-6-18(17(21)11-14)25-7-9-31-10-8-25/h2-6,11-12H,7-10H2,1H3,(H,22,28). The van der Waals surface area contributed by atoms with E-state index < -0.39 is 16.6 Å². The molecule has 3 aromatic rings. The highest BCUT2D eigenvalue weighted by atomic mass is 19.1. The van der Waals surface area contributed by atoms with Crippen molar-refractivity contribution < 1.29 is 18.8 Å². The van der Waals surface area contributed by atoms with Gasteiger partial charge in [0.15, 0.2) is 5.69 Å². The number of nitro benzene ring substituents is 1. The van der Waals surface area contributed by atoms with E-state index in [1.807, 2.05) is 4.90 Å². The van der Waals surface area contributed by atoms with Crippen LogP contribution in [0.25, 0.3) is 5.69 Å². The van der Waals surface area contributed by atoms with Crippen molar-refractivity contribution in [2.45, 2.75) is 6.92 Å². The van der Waals surface area contributed by atoms with Crippen LogP contribution in [0, 0.1) is 22.9 Å². The third kappa shape index (κ3) is 4.21. The highest BCUT2D eigenvalue weighted by molar-refractivity contribution is 6.03. The third-order valence-corrected chi connectivity index (χ3v) is 4.95. The number of amides is 1. The average Bonchev–Trinajstić information content (AvgIpc) is 3.16. The van der Waals surface area contributed by atoms with Gasteiger partial charge in [0, 0.05) is 30.9 Å². The van der Waals surface area contributed by atoms with Crippen molar-refractivity contribution in [2.75, 3.05) is 36.5 Å². The summed E-state index contributed by atoms with van der Waals surface area (Å²) in [5, 5.41) is 21.4. The number of hydrogen-bond acceptors (Lipinski definition) is 7. The molecular weight excluding hydrogens is 407 g/mol. The number of benzene rings is 2. The van der Waals surface area contributed by atoms with Crippen LogP contribution in [0.2, 0.25) is 0 Å². The zero-order chi connectivity index (χ0) is 22.0. The molecule has 0 spiro atoms. The van der Waals surface area contributed by atoms with Gasteiger partial charge < -0.3 is 15.0 Å².